The maximum absolute atomic E-state index is 12.9. The summed E-state index contributed by atoms with van der Waals surface area (Å²) in [6.07, 6.45) is -2.86. The summed E-state index contributed by atoms with van der Waals surface area (Å²) in [5.74, 6) is 0.0883. The van der Waals surface area contributed by atoms with Crippen molar-refractivity contribution in [2.24, 2.45) is 0 Å². The van der Waals surface area contributed by atoms with Gasteiger partial charge in [0.1, 0.15) is 16.3 Å². The Bertz CT molecular complexity index is 988. The van der Waals surface area contributed by atoms with E-state index < -0.39 is 22.5 Å². The molecule has 3 rings (SSSR count). The van der Waals surface area contributed by atoms with Crippen molar-refractivity contribution in [3.8, 4) is 0 Å². The van der Waals surface area contributed by atoms with Crippen molar-refractivity contribution in [3.05, 3.63) is 45.7 Å². The lowest BCUT2D eigenvalue weighted by molar-refractivity contribution is -0.137. The molecule has 2 aromatic rings. The first-order valence-electron chi connectivity index (χ1n) is 9.97. The smallest absolute Gasteiger partial charge is 0.420 e. The van der Waals surface area contributed by atoms with Crippen LogP contribution >= 0.6 is 23.2 Å². The molecule has 11 heteroatoms. The van der Waals surface area contributed by atoms with Crippen LogP contribution in [-0.2, 0) is 10.9 Å². The SMILES string of the molecule is CC(C)(C)OC(=O)N1CCC(c2ccc(Cl)c(Nc3ncc(C(F)(F)F)c(Cl)n3)c2)CC1. The largest absolute Gasteiger partial charge is 0.444 e. The number of amides is 1. The van der Waals surface area contributed by atoms with Gasteiger partial charge in [0.05, 0.1) is 10.7 Å². The maximum Gasteiger partial charge on any atom is 0.420 e. The molecule has 0 aliphatic carbocycles. The number of hydrogen-bond acceptors (Lipinski definition) is 5. The topological polar surface area (TPSA) is 67.3 Å². The normalized spacial score (nSPS) is 15.6. The molecule has 0 unspecified atom stereocenters. The number of nitrogens with one attached hydrogen (secondary N) is 1. The number of anilines is 2. The van der Waals surface area contributed by atoms with Gasteiger partial charge >= 0.3 is 12.3 Å². The van der Waals surface area contributed by atoms with Crippen LogP contribution in [0.25, 0.3) is 0 Å². The molecule has 174 valence electrons. The van der Waals surface area contributed by atoms with E-state index in [1.807, 2.05) is 32.9 Å². The lowest BCUT2D eigenvalue weighted by Gasteiger charge is -2.33. The zero-order valence-corrected chi connectivity index (χ0v) is 19.3. The summed E-state index contributed by atoms with van der Waals surface area (Å²) in [4.78, 5) is 21.3. The van der Waals surface area contributed by atoms with E-state index in [1.165, 1.54) is 0 Å². The lowest BCUT2D eigenvalue weighted by atomic mass is 9.89. The number of hydrogen-bond donors (Lipinski definition) is 1. The van der Waals surface area contributed by atoms with Crippen LogP contribution in [0.1, 0.15) is 50.7 Å². The number of piperidine rings is 1. The second-order valence-electron chi connectivity index (χ2n) is 8.50. The van der Waals surface area contributed by atoms with Crippen molar-refractivity contribution in [2.45, 2.75) is 51.3 Å². The third-order valence-corrected chi connectivity index (χ3v) is 5.52. The number of carbonyl (C=O) groups is 1. The molecule has 0 bridgehead atoms. The standard InChI is InChI=1S/C21H23Cl2F3N4O2/c1-20(2,3)32-19(31)30-8-6-12(7-9-30)13-4-5-15(22)16(10-13)28-18-27-11-14(17(23)29-18)21(24,25)26/h4-5,10-12H,6-9H2,1-3H3,(H,27,28,29). The van der Waals surface area contributed by atoms with Gasteiger partial charge in [-0.3, -0.25) is 0 Å². The fraction of sp³-hybridized carbons (Fsp3) is 0.476. The molecule has 1 N–H and O–H groups in total. The predicted molar refractivity (Wildman–Crippen MR) is 117 cm³/mol. The minimum atomic E-state index is -4.64. The number of carbonyl (C=O) groups excluding carboxylic acids is 1. The molecule has 0 saturated carbocycles. The Kier molecular flexibility index (Phi) is 7.09. The van der Waals surface area contributed by atoms with Gasteiger partial charge in [-0.25, -0.2) is 14.8 Å². The molecular formula is C21H23Cl2F3N4O2. The van der Waals surface area contributed by atoms with Crippen LogP contribution in [-0.4, -0.2) is 39.7 Å². The summed E-state index contributed by atoms with van der Waals surface area (Å²) in [5, 5.41) is 2.50. The highest BCUT2D eigenvalue weighted by atomic mass is 35.5. The van der Waals surface area contributed by atoms with Crippen LogP contribution in [0.2, 0.25) is 10.2 Å². The van der Waals surface area contributed by atoms with Gasteiger partial charge in [0, 0.05) is 19.3 Å². The fourth-order valence-corrected chi connectivity index (χ4v) is 3.75. The third kappa shape index (κ3) is 6.16. The molecule has 1 aliphatic rings. The highest BCUT2D eigenvalue weighted by Crippen LogP contribution is 2.36. The molecule has 2 heterocycles. The minimum Gasteiger partial charge on any atom is -0.444 e. The van der Waals surface area contributed by atoms with E-state index in [0.29, 0.717) is 30.0 Å². The van der Waals surface area contributed by atoms with Crippen LogP contribution in [0.5, 0.6) is 0 Å². The first-order chi connectivity index (χ1) is 14.8. The summed E-state index contributed by atoms with van der Waals surface area (Å²) in [5.41, 5.74) is -0.219. The first kappa shape index (κ1) is 24.4. The van der Waals surface area contributed by atoms with Crippen LogP contribution in [0.3, 0.4) is 0 Å². The number of likely N-dealkylation sites (tertiary alicyclic amines) is 1. The molecule has 0 spiro atoms. The van der Waals surface area contributed by atoms with Gasteiger partial charge < -0.3 is 15.0 Å². The predicted octanol–water partition coefficient (Wildman–Crippen LogP) is 6.66. The lowest BCUT2D eigenvalue weighted by Crippen LogP contribution is -2.41. The second-order valence-corrected chi connectivity index (χ2v) is 9.27. The molecule has 1 amide bonds. The van der Waals surface area contributed by atoms with Gasteiger partial charge in [0.2, 0.25) is 5.95 Å². The van der Waals surface area contributed by atoms with Gasteiger partial charge in [-0.1, -0.05) is 29.3 Å². The van der Waals surface area contributed by atoms with Crippen molar-refractivity contribution < 1.29 is 22.7 Å². The Balaban J connectivity index is 1.69. The number of ether oxygens (including phenoxy) is 1. The highest BCUT2D eigenvalue weighted by Gasteiger charge is 2.34. The molecule has 32 heavy (non-hydrogen) atoms. The van der Waals surface area contributed by atoms with Crippen LogP contribution in [0.4, 0.5) is 29.6 Å². The zero-order chi connectivity index (χ0) is 23.7. The minimum absolute atomic E-state index is 0.0956. The fourth-order valence-electron chi connectivity index (χ4n) is 3.35. The van der Waals surface area contributed by atoms with E-state index >= 15 is 0 Å². The van der Waals surface area contributed by atoms with Gasteiger partial charge in [-0.05, 0) is 57.2 Å². The number of aromatic nitrogens is 2. The van der Waals surface area contributed by atoms with E-state index in [2.05, 4.69) is 15.3 Å². The van der Waals surface area contributed by atoms with Crippen molar-refractivity contribution in [1.82, 2.24) is 14.9 Å². The Labute approximate surface area is 194 Å². The van der Waals surface area contributed by atoms with E-state index in [4.69, 9.17) is 27.9 Å². The summed E-state index contributed by atoms with van der Waals surface area (Å²) in [7, 11) is 0. The molecule has 1 aliphatic heterocycles. The summed E-state index contributed by atoms with van der Waals surface area (Å²) < 4.78 is 44.0. The Hall–Kier alpha value is -2.26. The quantitative estimate of drug-likeness (QED) is 0.487. The highest BCUT2D eigenvalue weighted by molar-refractivity contribution is 6.33. The van der Waals surface area contributed by atoms with Crippen molar-refractivity contribution in [2.75, 3.05) is 18.4 Å². The van der Waals surface area contributed by atoms with Crippen LogP contribution in [0, 0.1) is 0 Å². The van der Waals surface area contributed by atoms with E-state index in [1.54, 1.807) is 11.0 Å². The van der Waals surface area contributed by atoms with E-state index in [9.17, 15) is 18.0 Å². The number of alkyl halides is 3. The van der Waals surface area contributed by atoms with Crippen LogP contribution < -0.4 is 5.32 Å². The zero-order valence-electron chi connectivity index (χ0n) is 17.8. The van der Waals surface area contributed by atoms with Gasteiger partial charge in [0.15, 0.2) is 0 Å². The Morgan fingerprint density at radius 3 is 2.41 bits per heavy atom. The Morgan fingerprint density at radius 1 is 1.19 bits per heavy atom. The molecule has 1 aromatic carbocycles. The van der Waals surface area contributed by atoms with Crippen molar-refractivity contribution in [1.29, 1.82) is 0 Å². The van der Waals surface area contributed by atoms with Crippen molar-refractivity contribution in [3.63, 3.8) is 0 Å². The molecule has 1 saturated heterocycles. The number of benzene rings is 1. The maximum atomic E-state index is 12.9. The summed E-state index contributed by atoms with van der Waals surface area (Å²) in [6, 6.07) is 5.40. The summed E-state index contributed by atoms with van der Waals surface area (Å²) in [6.45, 7) is 6.60. The molecule has 0 radical (unpaired) electrons. The molecule has 6 nitrogen and oxygen atoms in total. The molecule has 1 aromatic heterocycles. The molecular weight excluding hydrogens is 468 g/mol. The van der Waals surface area contributed by atoms with Crippen LogP contribution in [0.15, 0.2) is 24.4 Å². The molecule has 1 fully saturated rings. The van der Waals surface area contributed by atoms with E-state index in [-0.39, 0.29) is 18.0 Å². The van der Waals surface area contributed by atoms with Crippen molar-refractivity contribution >= 4 is 40.9 Å². The van der Waals surface area contributed by atoms with Gasteiger partial charge in [0.25, 0.3) is 0 Å². The summed E-state index contributed by atoms with van der Waals surface area (Å²) >= 11 is 11.9. The third-order valence-electron chi connectivity index (χ3n) is 4.90. The first-order valence-corrected chi connectivity index (χ1v) is 10.7. The average molecular weight is 491 g/mol. The average Bonchev–Trinajstić information content (AvgIpc) is 2.67. The molecule has 0 atom stereocenters. The van der Waals surface area contributed by atoms with Gasteiger partial charge in [-0.2, -0.15) is 13.2 Å². The Morgan fingerprint density at radius 2 is 1.84 bits per heavy atom. The number of nitrogens with zero attached hydrogens (tertiary/aromatic N) is 3. The second kappa shape index (κ2) is 9.31. The number of rotatable bonds is 3. The van der Waals surface area contributed by atoms with Gasteiger partial charge in [-0.15, -0.1) is 0 Å². The van der Waals surface area contributed by atoms with E-state index in [0.717, 1.165) is 18.4 Å². The monoisotopic (exact) mass is 490 g/mol. The number of halogens is 5.